The van der Waals surface area contributed by atoms with Gasteiger partial charge in [0.15, 0.2) is 5.82 Å². The van der Waals surface area contributed by atoms with Gasteiger partial charge in [0, 0.05) is 19.2 Å². The molecule has 4 N–H and O–H groups in total. The van der Waals surface area contributed by atoms with Crippen LogP contribution in [0, 0.1) is 0 Å². The summed E-state index contributed by atoms with van der Waals surface area (Å²) in [6, 6.07) is 0. The molecular weight excluding hydrogens is 322 g/mol. The van der Waals surface area contributed by atoms with Gasteiger partial charge in [-0.25, -0.2) is 4.79 Å². The molecule has 8 nitrogen and oxygen atoms in total. The van der Waals surface area contributed by atoms with Gasteiger partial charge < -0.3 is 14.9 Å². The molecule has 9 heteroatoms. The van der Waals surface area contributed by atoms with E-state index in [2.05, 4.69) is 20.9 Å². The standard InChI is InChI=1S/C10H14BrN3O5/c11-5-4-14(10(17)12-9(5)13-18)8-3-6(16)7(19-8)1-2-15/h4,6-8,15-16,18H,1-3H2,(H,12,13,17)/t6-,7?,8+/m0/s1. The van der Waals surface area contributed by atoms with Crippen LogP contribution in [-0.2, 0) is 4.74 Å². The number of rotatable bonds is 4. The van der Waals surface area contributed by atoms with Crippen LogP contribution in [0.5, 0.6) is 0 Å². The van der Waals surface area contributed by atoms with E-state index in [1.807, 2.05) is 0 Å². The fourth-order valence-corrected chi connectivity index (χ4v) is 2.40. The van der Waals surface area contributed by atoms with Crippen molar-refractivity contribution in [3.8, 4) is 0 Å². The maximum atomic E-state index is 11.8. The van der Waals surface area contributed by atoms with Crippen LogP contribution in [0.15, 0.2) is 15.5 Å². The fraction of sp³-hybridized carbons (Fsp3) is 0.600. The minimum Gasteiger partial charge on any atom is -0.396 e. The first-order chi connectivity index (χ1) is 9.06. The number of aliphatic hydroxyl groups is 2. The van der Waals surface area contributed by atoms with Crippen molar-refractivity contribution in [2.24, 2.45) is 0 Å². The Balaban J connectivity index is 2.24. The highest BCUT2D eigenvalue weighted by molar-refractivity contribution is 9.10. The third kappa shape index (κ3) is 2.95. The molecule has 1 saturated heterocycles. The minimum absolute atomic E-state index is 0.00621. The topological polar surface area (TPSA) is 117 Å². The van der Waals surface area contributed by atoms with Crippen molar-refractivity contribution in [2.45, 2.75) is 31.3 Å². The number of nitrogens with one attached hydrogen (secondary N) is 1. The second kappa shape index (κ2) is 5.97. The normalized spacial score (nSPS) is 26.6. The monoisotopic (exact) mass is 335 g/mol. The zero-order valence-corrected chi connectivity index (χ0v) is 11.4. The van der Waals surface area contributed by atoms with Crippen molar-refractivity contribution in [3.05, 3.63) is 21.2 Å². The lowest BCUT2D eigenvalue weighted by Gasteiger charge is -2.15. The molecule has 0 aromatic carbocycles. The Kier molecular flexibility index (Phi) is 4.53. The molecule has 2 rings (SSSR count). The summed E-state index contributed by atoms with van der Waals surface area (Å²) in [6.07, 6.45) is 0.0828. The van der Waals surface area contributed by atoms with Crippen molar-refractivity contribution in [1.82, 2.24) is 9.55 Å². The highest BCUT2D eigenvalue weighted by Crippen LogP contribution is 2.30. The fourth-order valence-electron chi connectivity index (χ4n) is 2.00. The molecule has 2 heterocycles. The molecule has 1 aromatic heterocycles. The molecule has 0 saturated carbocycles. The maximum absolute atomic E-state index is 11.8. The van der Waals surface area contributed by atoms with Crippen molar-refractivity contribution < 1.29 is 20.2 Å². The van der Waals surface area contributed by atoms with Gasteiger partial charge in [0.25, 0.3) is 0 Å². The molecule has 0 amide bonds. The number of aliphatic hydroxyl groups excluding tert-OH is 2. The smallest absolute Gasteiger partial charge is 0.351 e. The first-order valence-corrected chi connectivity index (χ1v) is 6.49. The molecule has 1 unspecified atom stereocenters. The van der Waals surface area contributed by atoms with Crippen LogP contribution in [0.3, 0.4) is 0 Å². The van der Waals surface area contributed by atoms with Gasteiger partial charge in [-0.3, -0.25) is 15.3 Å². The van der Waals surface area contributed by atoms with E-state index >= 15 is 0 Å². The Morgan fingerprint density at radius 1 is 1.63 bits per heavy atom. The first kappa shape index (κ1) is 14.4. The maximum Gasteiger partial charge on any atom is 0.351 e. The van der Waals surface area contributed by atoms with Crippen molar-refractivity contribution in [1.29, 1.82) is 0 Å². The number of hydrogen-bond donors (Lipinski definition) is 4. The van der Waals surface area contributed by atoms with E-state index in [1.54, 1.807) is 5.48 Å². The number of aromatic nitrogens is 2. The summed E-state index contributed by atoms with van der Waals surface area (Å²) < 4.78 is 7.13. The summed E-state index contributed by atoms with van der Waals surface area (Å²) >= 11 is 3.15. The van der Waals surface area contributed by atoms with Crippen LogP contribution in [0.25, 0.3) is 0 Å². The molecule has 1 aromatic rings. The second-order valence-corrected chi connectivity index (χ2v) is 5.04. The lowest BCUT2D eigenvalue weighted by molar-refractivity contribution is -0.0306. The molecule has 19 heavy (non-hydrogen) atoms. The van der Waals surface area contributed by atoms with Crippen molar-refractivity contribution in [2.75, 3.05) is 12.1 Å². The Labute approximate surface area is 116 Å². The molecule has 3 atom stereocenters. The Bertz CT molecular complexity index is 508. The van der Waals surface area contributed by atoms with E-state index in [9.17, 15) is 9.90 Å². The zero-order chi connectivity index (χ0) is 14.0. The van der Waals surface area contributed by atoms with Crippen LogP contribution in [0.2, 0.25) is 0 Å². The summed E-state index contributed by atoms with van der Waals surface area (Å²) in [5.41, 5.74) is 1.19. The average molecular weight is 336 g/mol. The lowest BCUT2D eigenvalue weighted by Crippen LogP contribution is -2.28. The molecule has 0 aliphatic carbocycles. The van der Waals surface area contributed by atoms with Gasteiger partial charge in [0.05, 0.1) is 16.7 Å². The van der Waals surface area contributed by atoms with Gasteiger partial charge in [0.2, 0.25) is 0 Å². The summed E-state index contributed by atoms with van der Waals surface area (Å²) in [4.78, 5) is 15.4. The van der Waals surface area contributed by atoms with Gasteiger partial charge in [-0.1, -0.05) is 0 Å². The molecule has 1 fully saturated rings. The van der Waals surface area contributed by atoms with Crippen LogP contribution in [-0.4, -0.2) is 43.8 Å². The third-order valence-corrected chi connectivity index (χ3v) is 3.52. The van der Waals surface area contributed by atoms with Crippen molar-refractivity contribution >= 4 is 21.7 Å². The van der Waals surface area contributed by atoms with E-state index in [-0.39, 0.29) is 18.8 Å². The predicted molar refractivity (Wildman–Crippen MR) is 67.8 cm³/mol. The minimum atomic E-state index is -0.738. The van der Waals surface area contributed by atoms with Gasteiger partial charge in [-0.05, 0) is 22.4 Å². The third-order valence-electron chi connectivity index (χ3n) is 2.94. The average Bonchev–Trinajstić information content (AvgIpc) is 2.73. The highest BCUT2D eigenvalue weighted by Gasteiger charge is 2.35. The van der Waals surface area contributed by atoms with Gasteiger partial charge in [-0.2, -0.15) is 4.98 Å². The number of nitrogens with zero attached hydrogens (tertiary/aromatic N) is 2. The van der Waals surface area contributed by atoms with Gasteiger partial charge in [0.1, 0.15) is 6.23 Å². The van der Waals surface area contributed by atoms with E-state index in [0.717, 1.165) is 0 Å². The molecule has 0 bridgehead atoms. The molecule has 0 radical (unpaired) electrons. The molecule has 0 spiro atoms. The number of halogens is 1. The quantitative estimate of drug-likeness (QED) is 0.564. The number of ether oxygens (including phenoxy) is 1. The van der Waals surface area contributed by atoms with E-state index < -0.39 is 24.1 Å². The lowest BCUT2D eigenvalue weighted by atomic mass is 10.1. The van der Waals surface area contributed by atoms with Gasteiger partial charge in [-0.15, -0.1) is 0 Å². The first-order valence-electron chi connectivity index (χ1n) is 5.70. The summed E-state index contributed by atoms with van der Waals surface area (Å²) in [5.74, 6) is 0.00621. The largest absolute Gasteiger partial charge is 0.396 e. The van der Waals surface area contributed by atoms with Crippen LogP contribution in [0.4, 0.5) is 5.82 Å². The SMILES string of the molecule is O=c1nc(NO)c(Br)cn1[C@H]1C[C@H](O)C(CCO)O1. The molecule has 1 aliphatic heterocycles. The Morgan fingerprint density at radius 3 is 3.00 bits per heavy atom. The van der Waals surface area contributed by atoms with Crippen LogP contribution < -0.4 is 11.2 Å². The highest BCUT2D eigenvalue weighted by atomic mass is 79.9. The summed E-state index contributed by atoms with van der Waals surface area (Å²) in [7, 11) is 0. The second-order valence-electron chi connectivity index (χ2n) is 4.18. The van der Waals surface area contributed by atoms with Crippen LogP contribution >= 0.6 is 15.9 Å². The number of anilines is 1. The predicted octanol–water partition coefficient (Wildman–Crippen LogP) is -0.162. The molecule has 106 valence electrons. The summed E-state index contributed by atoms with van der Waals surface area (Å²) in [5, 5.41) is 27.4. The van der Waals surface area contributed by atoms with Crippen LogP contribution in [0.1, 0.15) is 19.1 Å². The van der Waals surface area contributed by atoms with Crippen molar-refractivity contribution in [3.63, 3.8) is 0 Å². The van der Waals surface area contributed by atoms with Gasteiger partial charge >= 0.3 is 5.69 Å². The van der Waals surface area contributed by atoms with E-state index in [4.69, 9.17) is 15.1 Å². The van der Waals surface area contributed by atoms with E-state index in [1.165, 1.54) is 10.8 Å². The number of hydrogen-bond acceptors (Lipinski definition) is 7. The molecular formula is C10H14BrN3O5. The Morgan fingerprint density at radius 2 is 2.37 bits per heavy atom. The summed E-state index contributed by atoms with van der Waals surface area (Å²) in [6.45, 7) is -0.0986. The zero-order valence-electron chi connectivity index (χ0n) is 9.86. The Hall–Kier alpha value is -1.00. The van der Waals surface area contributed by atoms with E-state index in [0.29, 0.717) is 10.9 Å². The molecule has 1 aliphatic rings.